The Bertz CT molecular complexity index is 522. The molecule has 0 heterocycles. The minimum absolute atomic E-state index is 0.0788. The van der Waals surface area contributed by atoms with Crippen molar-refractivity contribution >= 4 is 7.69 Å². The Morgan fingerprint density at radius 3 is 2.32 bits per heavy atom. The van der Waals surface area contributed by atoms with Crippen LogP contribution in [0.3, 0.4) is 0 Å². The summed E-state index contributed by atoms with van der Waals surface area (Å²) >= 11 is 0. The molecule has 0 amide bonds. The predicted octanol–water partition coefficient (Wildman–Crippen LogP) is 2.80. The van der Waals surface area contributed by atoms with E-state index in [1.807, 2.05) is 30.4 Å². The number of rotatable bonds is 12. The Labute approximate surface area is 151 Å². The van der Waals surface area contributed by atoms with Crippen LogP contribution in [0.15, 0.2) is 30.4 Å². The molecule has 0 saturated heterocycles. The van der Waals surface area contributed by atoms with Gasteiger partial charge >= 0.3 is 7.69 Å². The molecule has 139 valence electrons. The summed E-state index contributed by atoms with van der Waals surface area (Å²) in [6, 6.07) is 5.67. The third-order valence-corrected chi connectivity index (χ3v) is 3.83. The average molecular weight is 351 g/mol. The Balaban J connectivity index is 2.89. The fourth-order valence-corrected chi connectivity index (χ4v) is 2.49. The maximum atomic E-state index is 5.72. The Morgan fingerprint density at radius 2 is 1.76 bits per heavy atom. The lowest BCUT2D eigenvalue weighted by Gasteiger charge is -2.23. The SMILES string of the molecule is CO[B]OC[C@@H](/C=C/[C@H](C)[C@@H](OC)c1cc(OC)ccc1OC)OC. The van der Waals surface area contributed by atoms with Gasteiger partial charge in [0, 0.05) is 32.8 Å². The first kappa shape index (κ1) is 21.5. The molecular weight excluding hydrogens is 323 g/mol. The normalized spacial score (nSPS) is 15.0. The monoisotopic (exact) mass is 351 g/mol. The average Bonchev–Trinajstić information content (AvgIpc) is 2.65. The van der Waals surface area contributed by atoms with Crippen molar-refractivity contribution in [2.45, 2.75) is 19.1 Å². The summed E-state index contributed by atoms with van der Waals surface area (Å²) in [4.78, 5) is 0. The van der Waals surface area contributed by atoms with E-state index in [1.165, 1.54) is 14.8 Å². The van der Waals surface area contributed by atoms with Gasteiger partial charge in [-0.2, -0.15) is 0 Å². The van der Waals surface area contributed by atoms with E-state index in [2.05, 4.69) is 6.92 Å². The molecule has 0 spiro atoms. The second-order valence-corrected chi connectivity index (χ2v) is 5.45. The second kappa shape index (κ2) is 11.9. The molecule has 0 aliphatic rings. The molecule has 1 aromatic carbocycles. The molecule has 0 N–H and O–H groups in total. The lowest BCUT2D eigenvalue weighted by molar-refractivity contribution is 0.0684. The fraction of sp³-hybridized carbons (Fsp3) is 0.556. The van der Waals surface area contributed by atoms with Gasteiger partial charge in [-0.05, 0) is 18.2 Å². The topological polar surface area (TPSA) is 55.4 Å². The molecule has 25 heavy (non-hydrogen) atoms. The van der Waals surface area contributed by atoms with Gasteiger partial charge in [-0.3, -0.25) is 0 Å². The molecule has 0 aliphatic heterocycles. The maximum absolute atomic E-state index is 5.72. The van der Waals surface area contributed by atoms with Gasteiger partial charge in [0.15, 0.2) is 0 Å². The summed E-state index contributed by atoms with van der Waals surface area (Å²) in [5, 5.41) is 0. The Morgan fingerprint density at radius 1 is 1.00 bits per heavy atom. The van der Waals surface area contributed by atoms with Crippen molar-refractivity contribution in [1.82, 2.24) is 0 Å². The molecule has 7 heteroatoms. The summed E-state index contributed by atoms with van der Waals surface area (Å²) in [5.74, 6) is 1.59. The van der Waals surface area contributed by atoms with Crippen LogP contribution in [0.1, 0.15) is 18.6 Å². The first-order valence-electron chi connectivity index (χ1n) is 8.03. The van der Waals surface area contributed by atoms with Crippen LogP contribution in [0.5, 0.6) is 11.5 Å². The molecule has 1 rings (SSSR count). The van der Waals surface area contributed by atoms with Gasteiger partial charge in [-0.25, -0.2) is 0 Å². The molecule has 0 aliphatic carbocycles. The van der Waals surface area contributed by atoms with Gasteiger partial charge in [0.2, 0.25) is 0 Å². The van der Waals surface area contributed by atoms with Gasteiger partial charge in [0.25, 0.3) is 0 Å². The zero-order valence-electron chi connectivity index (χ0n) is 15.9. The lowest BCUT2D eigenvalue weighted by Crippen LogP contribution is -2.19. The molecule has 6 nitrogen and oxygen atoms in total. The van der Waals surface area contributed by atoms with Crippen LogP contribution in [-0.4, -0.2) is 55.9 Å². The molecule has 0 saturated carbocycles. The minimum Gasteiger partial charge on any atom is -0.497 e. The zero-order valence-corrected chi connectivity index (χ0v) is 15.9. The van der Waals surface area contributed by atoms with E-state index in [-0.39, 0.29) is 18.1 Å². The summed E-state index contributed by atoms with van der Waals surface area (Å²) in [6.07, 6.45) is 3.62. The van der Waals surface area contributed by atoms with Crippen molar-refractivity contribution in [1.29, 1.82) is 0 Å². The van der Waals surface area contributed by atoms with Crippen molar-refractivity contribution in [3.63, 3.8) is 0 Å². The van der Waals surface area contributed by atoms with E-state index < -0.39 is 0 Å². The van der Waals surface area contributed by atoms with Crippen molar-refractivity contribution in [3.05, 3.63) is 35.9 Å². The predicted molar refractivity (Wildman–Crippen MR) is 97.1 cm³/mol. The smallest absolute Gasteiger partial charge is 0.487 e. The maximum Gasteiger partial charge on any atom is 0.487 e. The van der Waals surface area contributed by atoms with Crippen LogP contribution >= 0.6 is 0 Å². The Hall–Kier alpha value is -1.54. The highest BCUT2D eigenvalue weighted by Gasteiger charge is 2.22. The molecule has 3 atom stereocenters. The van der Waals surface area contributed by atoms with Crippen LogP contribution in [0.4, 0.5) is 0 Å². The minimum atomic E-state index is -0.190. The van der Waals surface area contributed by atoms with Gasteiger partial charge in [-0.1, -0.05) is 19.1 Å². The lowest BCUT2D eigenvalue weighted by atomic mass is 9.95. The highest BCUT2D eigenvalue weighted by atomic mass is 16.6. The van der Waals surface area contributed by atoms with Crippen LogP contribution in [0, 0.1) is 5.92 Å². The largest absolute Gasteiger partial charge is 0.497 e. The molecule has 1 aromatic rings. The highest BCUT2D eigenvalue weighted by Crippen LogP contribution is 2.35. The fourth-order valence-electron chi connectivity index (χ4n) is 2.49. The van der Waals surface area contributed by atoms with E-state index in [1.54, 1.807) is 28.4 Å². The van der Waals surface area contributed by atoms with E-state index in [0.717, 1.165) is 17.1 Å². The second-order valence-electron chi connectivity index (χ2n) is 5.45. The van der Waals surface area contributed by atoms with E-state index in [0.29, 0.717) is 6.61 Å². The van der Waals surface area contributed by atoms with E-state index in [9.17, 15) is 0 Å². The van der Waals surface area contributed by atoms with Crippen LogP contribution < -0.4 is 9.47 Å². The zero-order chi connectivity index (χ0) is 18.7. The van der Waals surface area contributed by atoms with Crippen LogP contribution in [0.2, 0.25) is 0 Å². The summed E-state index contributed by atoms with van der Waals surface area (Å²) in [5.41, 5.74) is 0.930. The first-order chi connectivity index (χ1) is 12.1. The number of ether oxygens (including phenoxy) is 4. The van der Waals surface area contributed by atoms with Crippen molar-refractivity contribution < 1.29 is 28.3 Å². The van der Waals surface area contributed by atoms with Crippen LogP contribution in [0.25, 0.3) is 0 Å². The van der Waals surface area contributed by atoms with Gasteiger partial charge in [0.05, 0.1) is 33.0 Å². The van der Waals surface area contributed by atoms with Crippen molar-refractivity contribution in [3.8, 4) is 11.5 Å². The summed E-state index contributed by atoms with van der Waals surface area (Å²) < 4.78 is 31.8. The van der Waals surface area contributed by atoms with Gasteiger partial charge < -0.3 is 28.3 Å². The molecular formula is C18H28BO6. The highest BCUT2D eigenvalue weighted by molar-refractivity contribution is 6.17. The van der Waals surface area contributed by atoms with Crippen molar-refractivity contribution in [2.24, 2.45) is 5.92 Å². The number of hydrogen-bond donors (Lipinski definition) is 0. The molecule has 0 bridgehead atoms. The summed E-state index contributed by atoms with van der Waals surface area (Å²) in [6.45, 7) is 2.44. The quantitative estimate of drug-likeness (QED) is 0.328. The van der Waals surface area contributed by atoms with Gasteiger partial charge in [-0.15, -0.1) is 0 Å². The molecule has 0 fully saturated rings. The third kappa shape index (κ3) is 6.70. The summed E-state index contributed by atoms with van der Waals surface area (Å²) in [7, 11) is 9.40. The van der Waals surface area contributed by atoms with Crippen molar-refractivity contribution in [2.75, 3.05) is 42.2 Å². The molecule has 0 aromatic heterocycles. The standard InChI is InChI=1S/C18H28BO6/c1-13(7-8-15(21-3)12-25-19-24-6)18(23-5)16-11-14(20-2)9-10-17(16)22-4/h7-11,13,15,18H,12H2,1-6H3/b8-7+/t13-,15+,18+/m0/s1. The Kier molecular flexibility index (Phi) is 10.3. The molecule has 0 unspecified atom stereocenters. The third-order valence-electron chi connectivity index (χ3n) is 3.83. The first-order valence-corrected chi connectivity index (χ1v) is 8.03. The van der Waals surface area contributed by atoms with E-state index >= 15 is 0 Å². The molecule has 1 radical (unpaired) electrons. The van der Waals surface area contributed by atoms with Gasteiger partial charge in [0.1, 0.15) is 11.5 Å². The van der Waals surface area contributed by atoms with E-state index in [4.69, 9.17) is 28.3 Å². The van der Waals surface area contributed by atoms with Crippen LogP contribution in [-0.2, 0) is 18.8 Å². The number of hydrogen-bond acceptors (Lipinski definition) is 6. The number of benzene rings is 1. The number of methoxy groups -OCH3 is 4.